The molecule has 2 N–H and O–H groups in total. The van der Waals surface area contributed by atoms with E-state index >= 15 is 0 Å². The van der Waals surface area contributed by atoms with E-state index in [4.69, 9.17) is 4.74 Å². The molecule has 4 aromatic rings. The van der Waals surface area contributed by atoms with Crippen LogP contribution in [0, 0.1) is 13.8 Å². The molecule has 0 fully saturated rings. The molecular weight excluding hydrogens is 562 g/mol. The minimum Gasteiger partial charge on any atom is -0.495 e. The van der Waals surface area contributed by atoms with Crippen molar-refractivity contribution in [2.45, 2.75) is 25.3 Å². The van der Waals surface area contributed by atoms with E-state index in [1.807, 2.05) is 44.2 Å². The van der Waals surface area contributed by atoms with Crippen LogP contribution >= 0.6 is 0 Å². The summed E-state index contributed by atoms with van der Waals surface area (Å²) in [6.45, 7) is 3.93. The summed E-state index contributed by atoms with van der Waals surface area (Å²) < 4.78 is 60.0. The van der Waals surface area contributed by atoms with Gasteiger partial charge in [-0.25, -0.2) is 16.8 Å². The third-order valence-electron chi connectivity index (χ3n) is 6.41. The number of benzene rings is 4. The van der Waals surface area contributed by atoms with Crippen LogP contribution in [-0.2, 0) is 26.6 Å². The standard InChI is InChI=1S/C30H31N3O6S2/c1-21-9-18-29(39-3)28(19-21)32-41(37,38)27-16-12-25(13-17-27)31-30(34)23-10-14-26(15-11-23)33(40(4,35)36)20-24-8-6-5-7-22(24)2/h5-19,32H,20H2,1-4H3,(H,31,34). The van der Waals surface area contributed by atoms with E-state index in [1.54, 1.807) is 36.4 Å². The average molecular weight is 594 g/mol. The molecule has 0 aliphatic heterocycles. The van der Waals surface area contributed by atoms with Crippen LogP contribution in [0.3, 0.4) is 0 Å². The highest BCUT2D eigenvalue weighted by Crippen LogP contribution is 2.28. The molecule has 4 rings (SSSR count). The first-order valence-corrected chi connectivity index (χ1v) is 15.9. The Labute approximate surface area is 240 Å². The van der Waals surface area contributed by atoms with Crippen LogP contribution in [0.2, 0.25) is 0 Å². The second-order valence-corrected chi connectivity index (χ2v) is 13.1. The van der Waals surface area contributed by atoms with Crippen LogP contribution in [0.4, 0.5) is 17.1 Å². The molecule has 0 aliphatic rings. The number of methoxy groups -OCH3 is 1. The van der Waals surface area contributed by atoms with Crippen LogP contribution in [0.5, 0.6) is 5.75 Å². The number of carbonyl (C=O) groups is 1. The van der Waals surface area contributed by atoms with Crippen LogP contribution in [-0.4, -0.2) is 36.1 Å². The van der Waals surface area contributed by atoms with E-state index in [-0.39, 0.29) is 11.4 Å². The minimum atomic E-state index is -3.91. The van der Waals surface area contributed by atoms with Crippen molar-refractivity contribution in [1.29, 1.82) is 0 Å². The molecule has 0 atom stereocenters. The molecule has 4 aromatic carbocycles. The number of sulfonamides is 2. The summed E-state index contributed by atoms with van der Waals surface area (Å²) in [6.07, 6.45) is 1.14. The number of rotatable bonds is 10. The van der Waals surface area contributed by atoms with E-state index in [0.717, 1.165) is 22.9 Å². The number of amides is 1. The van der Waals surface area contributed by atoms with Gasteiger partial charge in [-0.1, -0.05) is 30.3 Å². The summed E-state index contributed by atoms with van der Waals surface area (Å²) in [5, 5.41) is 2.73. The number of hydrogen-bond acceptors (Lipinski definition) is 6. The predicted octanol–water partition coefficient (Wildman–Crippen LogP) is 5.33. The number of aryl methyl sites for hydroxylation is 2. The molecule has 11 heteroatoms. The Morgan fingerprint density at radius 3 is 2.12 bits per heavy atom. The quantitative estimate of drug-likeness (QED) is 0.256. The molecule has 0 spiro atoms. The van der Waals surface area contributed by atoms with E-state index < -0.39 is 26.0 Å². The van der Waals surface area contributed by atoms with Crippen molar-refractivity contribution in [3.8, 4) is 5.75 Å². The van der Waals surface area contributed by atoms with Gasteiger partial charge in [0.2, 0.25) is 10.0 Å². The van der Waals surface area contributed by atoms with Crippen LogP contribution < -0.4 is 19.1 Å². The fraction of sp³-hybridized carbons (Fsp3) is 0.167. The van der Waals surface area contributed by atoms with Crippen LogP contribution in [0.1, 0.15) is 27.0 Å². The molecule has 0 aliphatic carbocycles. The van der Waals surface area contributed by atoms with Crippen molar-refractivity contribution >= 4 is 43.0 Å². The molecule has 0 saturated heterocycles. The Kier molecular flexibility index (Phi) is 8.69. The zero-order valence-electron chi connectivity index (χ0n) is 23.1. The van der Waals surface area contributed by atoms with E-state index in [1.165, 1.54) is 35.7 Å². The summed E-state index contributed by atoms with van der Waals surface area (Å²) in [4.78, 5) is 12.9. The first-order valence-electron chi connectivity index (χ1n) is 12.6. The van der Waals surface area contributed by atoms with Gasteiger partial charge in [-0.3, -0.25) is 13.8 Å². The van der Waals surface area contributed by atoms with Crippen molar-refractivity contribution < 1.29 is 26.4 Å². The Hall–Kier alpha value is -4.35. The van der Waals surface area contributed by atoms with E-state index in [2.05, 4.69) is 10.0 Å². The highest BCUT2D eigenvalue weighted by atomic mass is 32.2. The number of nitrogens with one attached hydrogen (secondary N) is 2. The summed E-state index contributed by atoms with van der Waals surface area (Å²) >= 11 is 0. The number of carbonyl (C=O) groups excluding carboxylic acids is 1. The zero-order valence-corrected chi connectivity index (χ0v) is 24.7. The lowest BCUT2D eigenvalue weighted by atomic mass is 10.1. The number of anilines is 3. The van der Waals surface area contributed by atoms with E-state index in [0.29, 0.717) is 28.4 Å². The van der Waals surface area contributed by atoms with Crippen molar-refractivity contribution in [2.75, 3.05) is 27.7 Å². The van der Waals surface area contributed by atoms with Crippen LogP contribution in [0.15, 0.2) is 95.9 Å². The molecule has 214 valence electrons. The van der Waals surface area contributed by atoms with Gasteiger partial charge in [-0.15, -0.1) is 0 Å². The lowest BCUT2D eigenvalue weighted by Gasteiger charge is -2.23. The summed E-state index contributed by atoms with van der Waals surface area (Å²) in [6, 6.07) is 24.7. The number of hydrogen-bond donors (Lipinski definition) is 2. The highest BCUT2D eigenvalue weighted by Gasteiger charge is 2.20. The number of ether oxygens (including phenoxy) is 1. The summed E-state index contributed by atoms with van der Waals surface area (Å²) in [7, 11) is -6.03. The molecule has 0 heterocycles. The molecule has 0 unspecified atom stereocenters. The lowest BCUT2D eigenvalue weighted by molar-refractivity contribution is 0.102. The van der Waals surface area contributed by atoms with Gasteiger partial charge in [-0.05, 0) is 91.2 Å². The fourth-order valence-electron chi connectivity index (χ4n) is 4.15. The molecule has 1 amide bonds. The Balaban J connectivity index is 1.46. The fourth-order valence-corrected chi connectivity index (χ4v) is 6.09. The monoisotopic (exact) mass is 593 g/mol. The third kappa shape index (κ3) is 7.24. The van der Waals surface area contributed by atoms with E-state index in [9.17, 15) is 21.6 Å². The molecule has 0 saturated carbocycles. The molecule has 0 bridgehead atoms. The second-order valence-electron chi connectivity index (χ2n) is 9.53. The normalized spacial score (nSPS) is 11.5. The summed E-state index contributed by atoms with van der Waals surface area (Å²) in [5.74, 6) is -0.0384. The predicted molar refractivity (Wildman–Crippen MR) is 162 cm³/mol. The third-order valence-corrected chi connectivity index (χ3v) is 8.94. The maximum absolute atomic E-state index is 12.9. The molecule has 0 radical (unpaired) electrons. The van der Waals surface area contributed by atoms with Gasteiger partial charge in [0.1, 0.15) is 5.75 Å². The van der Waals surface area contributed by atoms with Crippen molar-refractivity contribution in [3.05, 3.63) is 113 Å². The van der Waals surface area contributed by atoms with Gasteiger partial charge in [-0.2, -0.15) is 0 Å². The van der Waals surface area contributed by atoms with Gasteiger partial charge < -0.3 is 10.1 Å². The first-order chi connectivity index (χ1) is 19.4. The molecular formula is C30H31N3O6S2. The maximum Gasteiger partial charge on any atom is 0.262 e. The molecule has 9 nitrogen and oxygen atoms in total. The van der Waals surface area contributed by atoms with Crippen molar-refractivity contribution in [3.63, 3.8) is 0 Å². The smallest absolute Gasteiger partial charge is 0.262 e. The average Bonchev–Trinajstić information content (AvgIpc) is 2.92. The van der Waals surface area contributed by atoms with Crippen LogP contribution in [0.25, 0.3) is 0 Å². The molecule has 0 aromatic heterocycles. The van der Waals surface area contributed by atoms with Gasteiger partial charge >= 0.3 is 0 Å². The maximum atomic E-state index is 12.9. The van der Waals surface area contributed by atoms with Gasteiger partial charge in [0, 0.05) is 11.3 Å². The van der Waals surface area contributed by atoms with Crippen molar-refractivity contribution in [2.24, 2.45) is 0 Å². The zero-order chi connectivity index (χ0) is 29.8. The van der Waals surface area contributed by atoms with Gasteiger partial charge in [0.25, 0.3) is 15.9 Å². The first kappa shape index (κ1) is 29.6. The van der Waals surface area contributed by atoms with Gasteiger partial charge in [0.05, 0.1) is 36.2 Å². The highest BCUT2D eigenvalue weighted by molar-refractivity contribution is 7.92. The second kappa shape index (κ2) is 12.0. The topological polar surface area (TPSA) is 122 Å². The SMILES string of the molecule is COc1ccc(C)cc1NS(=O)(=O)c1ccc(NC(=O)c2ccc(N(Cc3ccccc3C)S(C)(=O)=O)cc2)cc1. The Bertz CT molecular complexity index is 1770. The Morgan fingerprint density at radius 2 is 1.51 bits per heavy atom. The Morgan fingerprint density at radius 1 is 0.854 bits per heavy atom. The largest absolute Gasteiger partial charge is 0.495 e. The minimum absolute atomic E-state index is 0.0120. The lowest BCUT2D eigenvalue weighted by Crippen LogP contribution is -2.29. The number of nitrogens with zero attached hydrogens (tertiary/aromatic N) is 1. The van der Waals surface area contributed by atoms with Gasteiger partial charge in [0.15, 0.2) is 0 Å². The summed E-state index contributed by atoms with van der Waals surface area (Å²) in [5.41, 5.74) is 4.16. The van der Waals surface area contributed by atoms with Crippen molar-refractivity contribution in [1.82, 2.24) is 0 Å². The molecule has 41 heavy (non-hydrogen) atoms.